The van der Waals surface area contributed by atoms with Crippen molar-refractivity contribution in [2.24, 2.45) is 0 Å². The fourth-order valence-electron chi connectivity index (χ4n) is 2.37. The minimum Gasteiger partial charge on any atom is -0.422 e. The number of allylic oxidation sites excluding steroid dienone is 1. The lowest BCUT2D eigenvalue weighted by Crippen LogP contribution is -2.09. The number of ketones is 1. The number of benzene rings is 3. The molecule has 3 aromatic carbocycles. The quantitative estimate of drug-likeness (QED) is 0.204. The monoisotopic (exact) mass is 440 g/mol. The highest BCUT2D eigenvalue weighted by Gasteiger charge is 2.13. The molecule has 0 N–H and O–H groups in total. The van der Waals surface area contributed by atoms with Gasteiger partial charge < -0.3 is 4.74 Å². The Labute approximate surface area is 170 Å². The maximum absolute atomic E-state index is 12.4. The van der Waals surface area contributed by atoms with Crippen LogP contribution in [0.1, 0.15) is 26.3 Å². The van der Waals surface area contributed by atoms with Gasteiger partial charge in [0.1, 0.15) is 5.75 Å². The Balaban J connectivity index is 1.80. The van der Waals surface area contributed by atoms with Crippen LogP contribution in [-0.2, 0) is 0 Å². The largest absolute Gasteiger partial charge is 0.422 e. The summed E-state index contributed by atoms with van der Waals surface area (Å²) in [6, 6.07) is 20.7. The number of carbonyl (C=O) groups excluding carboxylic acids is 2. The summed E-state index contributed by atoms with van der Waals surface area (Å²) in [4.78, 5) is 24.7. The molecule has 0 saturated carbocycles. The van der Waals surface area contributed by atoms with Crippen molar-refractivity contribution in [2.75, 3.05) is 0 Å². The lowest BCUT2D eigenvalue weighted by atomic mass is 10.1. The maximum atomic E-state index is 12.4. The summed E-state index contributed by atoms with van der Waals surface area (Å²) >= 11 is 9.18. The van der Waals surface area contributed by atoms with E-state index >= 15 is 0 Å². The summed E-state index contributed by atoms with van der Waals surface area (Å²) in [6.45, 7) is 0. The van der Waals surface area contributed by atoms with Gasteiger partial charge in [0.05, 0.1) is 5.56 Å². The molecule has 27 heavy (non-hydrogen) atoms. The number of hydrogen-bond donors (Lipinski definition) is 0. The van der Waals surface area contributed by atoms with Crippen molar-refractivity contribution in [2.45, 2.75) is 0 Å². The SMILES string of the molecule is O=C(/C=C\c1ccccc1OC(=O)c1ccccc1Br)c1ccc(Cl)cc1. The average Bonchev–Trinajstić information content (AvgIpc) is 2.68. The molecule has 0 radical (unpaired) electrons. The zero-order valence-corrected chi connectivity index (χ0v) is 16.4. The van der Waals surface area contributed by atoms with Crippen molar-refractivity contribution in [3.63, 3.8) is 0 Å². The van der Waals surface area contributed by atoms with Crippen molar-refractivity contribution in [1.29, 1.82) is 0 Å². The average molecular weight is 442 g/mol. The Morgan fingerprint density at radius 3 is 2.30 bits per heavy atom. The molecule has 0 heterocycles. The highest BCUT2D eigenvalue weighted by molar-refractivity contribution is 9.10. The van der Waals surface area contributed by atoms with E-state index in [-0.39, 0.29) is 5.78 Å². The van der Waals surface area contributed by atoms with Crippen LogP contribution in [0.5, 0.6) is 5.75 Å². The maximum Gasteiger partial charge on any atom is 0.344 e. The molecule has 0 atom stereocenters. The van der Waals surface area contributed by atoms with Crippen LogP contribution < -0.4 is 4.74 Å². The number of esters is 1. The van der Waals surface area contributed by atoms with E-state index in [1.165, 1.54) is 6.08 Å². The predicted octanol–water partition coefficient (Wildman–Crippen LogP) is 6.22. The number of ether oxygens (including phenoxy) is 1. The second kappa shape index (κ2) is 8.80. The van der Waals surface area contributed by atoms with Crippen LogP contribution in [0.25, 0.3) is 6.08 Å². The topological polar surface area (TPSA) is 43.4 Å². The fraction of sp³-hybridized carbons (Fsp3) is 0. The molecule has 0 amide bonds. The Morgan fingerprint density at radius 1 is 0.889 bits per heavy atom. The van der Waals surface area contributed by atoms with Gasteiger partial charge in [-0.2, -0.15) is 0 Å². The van der Waals surface area contributed by atoms with Crippen molar-refractivity contribution in [1.82, 2.24) is 0 Å². The molecule has 0 fully saturated rings. The van der Waals surface area contributed by atoms with Crippen LogP contribution in [0.15, 0.2) is 83.3 Å². The Hall–Kier alpha value is -2.69. The molecule has 0 unspecified atom stereocenters. The molecule has 0 aliphatic heterocycles. The second-order valence-corrected chi connectivity index (χ2v) is 6.90. The number of para-hydroxylation sites is 1. The van der Waals surface area contributed by atoms with Crippen LogP contribution in [0.2, 0.25) is 5.02 Å². The van der Waals surface area contributed by atoms with Crippen LogP contribution in [0, 0.1) is 0 Å². The molecule has 3 aromatic rings. The standard InChI is InChI=1S/C22H14BrClO3/c23-19-7-3-2-6-18(19)22(26)27-21-8-4-1-5-16(21)11-14-20(25)15-9-12-17(24)13-10-15/h1-14H/b14-11-. The van der Waals surface area contributed by atoms with Gasteiger partial charge in [-0.05, 0) is 70.5 Å². The van der Waals surface area contributed by atoms with E-state index in [2.05, 4.69) is 15.9 Å². The lowest BCUT2D eigenvalue weighted by Gasteiger charge is -2.08. The van der Waals surface area contributed by atoms with E-state index in [1.807, 2.05) is 12.1 Å². The molecule has 0 spiro atoms. The van der Waals surface area contributed by atoms with Crippen LogP contribution in [0.3, 0.4) is 0 Å². The van der Waals surface area contributed by atoms with Gasteiger partial charge in [-0.15, -0.1) is 0 Å². The zero-order valence-electron chi connectivity index (χ0n) is 14.1. The van der Waals surface area contributed by atoms with Gasteiger partial charge in [-0.1, -0.05) is 41.9 Å². The van der Waals surface area contributed by atoms with Gasteiger partial charge >= 0.3 is 5.97 Å². The first-order valence-corrected chi connectivity index (χ1v) is 9.25. The number of hydrogen-bond acceptors (Lipinski definition) is 3. The molecule has 0 aliphatic carbocycles. The molecular weight excluding hydrogens is 428 g/mol. The van der Waals surface area contributed by atoms with Gasteiger partial charge in [0.25, 0.3) is 0 Å². The van der Waals surface area contributed by atoms with Crippen LogP contribution in [0.4, 0.5) is 0 Å². The smallest absolute Gasteiger partial charge is 0.344 e. The molecule has 0 saturated heterocycles. The first-order valence-electron chi connectivity index (χ1n) is 8.08. The molecule has 0 aromatic heterocycles. The van der Waals surface area contributed by atoms with E-state index in [0.29, 0.717) is 31.9 Å². The van der Waals surface area contributed by atoms with Crippen molar-refractivity contribution in [3.8, 4) is 5.75 Å². The Kier molecular flexibility index (Phi) is 6.22. The second-order valence-electron chi connectivity index (χ2n) is 5.61. The third-order valence-electron chi connectivity index (χ3n) is 3.76. The van der Waals surface area contributed by atoms with E-state index in [4.69, 9.17) is 16.3 Å². The minimum atomic E-state index is -0.479. The number of rotatable bonds is 5. The fourth-order valence-corrected chi connectivity index (χ4v) is 2.94. The molecule has 3 nitrogen and oxygen atoms in total. The lowest BCUT2D eigenvalue weighted by molar-refractivity contribution is 0.0733. The molecule has 5 heteroatoms. The normalized spacial score (nSPS) is 10.7. The molecule has 0 aliphatic rings. The summed E-state index contributed by atoms with van der Waals surface area (Å²) in [5.74, 6) is -0.274. The highest BCUT2D eigenvalue weighted by Crippen LogP contribution is 2.23. The highest BCUT2D eigenvalue weighted by atomic mass is 79.9. The number of carbonyl (C=O) groups is 2. The Bertz CT molecular complexity index is 1010. The predicted molar refractivity (Wildman–Crippen MR) is 110 cm³/mol. The third-order valence-corrected chi connectivity index (χ3v) is 4.70. The summed E-state index contributed by atoms with van der Waals surface area (Å²) in [5, 5.41) is 0.569. The summed E-state index contributed by atoms with van der Waals surface area (Å²) in [6.07, 6.45) is 3.06. The molecule has 134 valence electrons. The van der Waals surface area contributed by atoms with E-state index in [9.17, 15) is 9.59 Å². The van der Waals surface area contributed by atoms with E-state index in [1.54, 1.807) is 66.7 Å². The molecule has 0 bridgehead atoms. The van der Waals surface area contributed by atoms with Gasteiger partial charge in [0.2, 0.25) is 0 Å². The van der Waals surface area contributed by atoms with Gasteiger partial charge in [0.15, 0.2) is 5.78 Å². The first-order chi connectivity index (χ1) is 13.0. The van der Waals surface area contributed by atoms with Crippen molar-refractivity contribution < 1.29 is 14.3 Å². The van der Waals surface area contributed by atoms with Crippen LogP contribution in [-0.4, -0.2) is 11.8 Å². The van der Waals surface area contributed by atoms with Crippen molar-refractivity contribution in [3.05, 3.63) is 105 Å². The zero-order chi connectivity index (χ0) is 19.2. The summed E-state index contributed by atoms with van der Waals surface area (Å²) in [7, 11) is 0. The van der Waals surface area contributed by atoms with E-state index < -0.39 is 5.97 Å². The van der Waals surface area contributed by atoms with Crippen LogP contribution >= 0.6 is 27.5 Å². The third kappa shape index (κ3) is 4.94. The summed E-state index contributed by atoms with van der Waals surface area (Å²) in [5.41, 5.74) is 1.58. The van der Waals surface area contributed by atoms with Gasteiger partial charge in [-0.25, -0.2) is 4.79 Å². The van der Waals surface area contributed by atoms with E-state index in [0.717, 1.165) is 0 Å². The van der Waals surface area contributed by atoms with Crippen molar-refractivity contribution >= 4 is 45.4 Å². The minimum absolute atomic E-state index is 0.168. The first kappa shape index (κ1) is 19.1. The van der Waals surface area contributed by atoms with Gasteiger partial charge in [0, 0.05) is 20.6 Å². The Morgan fingerprint density at radius 2 is 1.56 bits per heavy atom. The number of halogens is 2. The summed E-state index contributed by atoms with van der Waals surface area (Å²) < 4.78 is 6.17. The molecular formula is C22H14BrClO3. The molecule has 3 rings (SSSR count). The van der Waals surface area contributed by atoms with Gasteiger partial charge in [-0.3, -0.25) is 4.79 Å².